The maximum Gasteiger partial charge on any atom is 0.0951 e. The summed E-state index contributed by atoms with van der Waals surface area (Å²) in [6.07, 6.45) is 3.44. The van der Waals surface area contributed by atoms with E-state index in [0.717, 1.165) is 36.0 Å². The highest BCUT2D eigenvalue weighted by atomic mass is 16.3. The molecule has 1 saturated heterocycles. The Labute approximate surface area is 106 Å². The van der Waals surface area contributed by atoms with E-state index in [0.29, 0.717) is 12.2 Å². The molecule has 0 saturated carbocycles. The van der Waals surface area contributed by atoms with E-state index >= 15 is 0 Å². The van der Waals surface area contributed by atoms with E-state index in [-0.39, 0.29) is 6.10 Å². The maximum atomic E-state index is 9.79. The molecule has 2 heterocycles. The first-order valence-electron chi connectivity index (χ1n) is 6.32. The van der Waals surface area contributed by atoms with Crippen LogP contribution in [0.2, 0.25) is 0 Å². The molecule has 4 nitrogen and oxygen atoms in total. The predicted octanol–water partition coefficient (Wildman–Crippen LogP) is 1.78. The first-order valence-corrected chi connectivity index (χ1v) is 6.32. The van der Waals surface area contributed by atoms with Crippen molar-refractivity contribution in [3.05, 3.63) is 30.5 Å². The summed E-state index contributed by atoms with van der Waals surface area (Å²) < 4.78 is 0. The molecular formula is C14H17N3O. The van der Waals surface area contributed by atoms with Gasteiger partial charge in [0.15, 0.2) is 0 Å². The van der Waals surface area contributed by atoms with Crippen LogP contribution < -0.4 is 10.6 Å². The van der Waals surface area contributed by atoms with E-state index in [1.165, 1.54) is 0 Å². The Kier molecular flexibility index (Phi) is 2.80. The number of hydrogen-bond acceptors (Lipinski definition) is 4. The van der Waals surface area contributed by atoms with Crippen LogP contribution in [0.5, 0.6) is 0 Å². The molecule has 1 unspecified atom stereocenters. The Morgan fingerprint density at radius 3 is 3.06 bits per heavy atom. The molecule has 0 radical (unpaired) electrons. The van der Waals surface area contributed by atoms with Crippen molar-refractivity contribution in [3.63, 3.8) is 0 Å². The van der Waals surface area contributed by atoms with Gasteiger partial charge in [-0.05, 0) is 37.1 Å². The van der Waals surface area contributed by atoms with Crippen molar-refractivity contribution in [1.82, 2.24) is 4.98 Å². The molecule has 4 heteroatoms. The number of anilines is 2. The van der Waals surface area contributed by atoms with Gasteiger partial charge < -0.3 is 15.7 Å². The average Bonchev–Trinajstić information content (AvgIpc) is 2.39. The lowest BCUT2D eigenvalue weighted by molar-refractivity contribution is 0.154. The van der Waals surface area contributed by atoms with Gasteiger partial charge >= 0.3 is 0 Å². The van der Waals surface area contributed by atoms with Crippen molar-refractivity contribution >= 4 is 22.3 Å². The van der Waals surface area contributed by atoms with Gasteiger partial charge in [0.1, 0.15) is 0 Å². The third kappa shape index (κ3) is 1.88. The highest BCUT2D eigenvalue weighted by molar-refractivity contribution is 5.98. The molecule has 3 rings (SSSR count). The number of piperidine rings is 1. The van der Waals surface area contributed by atoms with Gasteiger partial charge in [0.2, 0.25) is 0 Å². The summed E-state index contributed by atoms with van der Waals surface area (Å²) in [6, 6.07) is 7.88. The van der Waals surface area contributed by atoms with Gasteiger partial charge in [-0.25, -0.2) is 0 Å². The van der Waals surface area contributed by atoms with Gasteiger partial charge in [0, 0.05) is 30.4 Å². The minimum absolute atomic E-state index is 0.233. The molecule has 1 atom stereocenters. The Hall–Kier alpha value is -1.81. The van der Waals surface area contributed by atoms with Gasteiger partial charge in [-0.3, -0.25) is 4.98 Å². The molecule has 1 aliphatic rings. The van der Waals surface area contributed by atoms with Crippen LogP contribution in [0.15, 0.2) is 30.5 Å². The zero-order valence-corrected chi connectivity index (χ0v) is 10.2. The number of nitrogens with zero attached hydrogens (tertiary/aromatic N) is 2. The molecule has 1 aromatic carbocycles. The molecule has 2 aromatic rings. The number of nitrogen functional groups attached to an aromatic ring is 1. The van der Waals surface area contributed by atoms with Gasteiger partial charge in [-0.2, -0.15) is 0 Å². The molecule has 0 aliphatic carbocycles. The number of nitrogens with two attached hydrogens (primary N) is 1. The number of rotatable bonds is 1. The highest BCUT2D eigenvalue weighted by Crippen LogP contribution is 2.31. The van der Waals surface area contributed by atoms with Crippen molar-refractivity contribution in [2.24, 2.45) is 0 Å². The first kappa shape index (κ1) is 11.3. The normalized spacial score (nSPS) is 20.3. The number of aliphatic hydroxyl groups excluding tert-OH is 1. The molecule has 1 aromatic heterocycles. The van der Waals surface area contributed by atoms with Crippen LogP contribution in [0.4, 0.5) is 11.4 Å². The molecule has 3 N–H and O–H groups in total. The van der Waals surface area contributed by atoms with Crippen LogP contribution in [0.3, 0.4) is 0 Å². The van der Waals surface area contributed by atoms with Crippen molar-refractivity contribution in [3.8, 4) is 0 Å². The third-order valence-electron chi connectivity index (χ3n) is 3.52. The topological polar surface area (TPSA) is 62.4 Å². The smallest absolute Gasteiger partial charge is 0.0951 e. The first-order chi connectivity index (χ1) is 8.75. The van der Waals surface area contributed by atoms with Crippen LogP contribution >= 0.6 is 0 Å². The number of fused-ring (bicyclic) bond motifs is 1. The summed E-state index contributed by atoms with van der Waals surface area (Å²) in [7, 11) is 0. The van der Waals surface area contributed by atoms with E-state index in [4.69, 9.17) is 5.73 Å². The zero-order valence-electron chi connectivity index (χ0n) is 10.2. The zero-order chi connectivity index (χ0) is 12.5. The third-order valence-corrected chi connectivity index (χ3v) is 3.52. The summed E-state index contributed by atoms with van der Waals surface area (Å²) in [6.45, 7) is 1.67. The van der Waals surface area contributed by atoms with Gasteiger partial charge in [0.25, 0.3) is 0 Å². The van der Waals surface area contributed by atoms with Crippen LogP contribution in [0.25, 0.3) is 10.9 Å². The van der Waals surface area contributed by atoms with Crippen molar-refractivity contribution in [1.29, 1.82) is 0 Å². The molecule has 94 valence electrons. The summed E-state index contributed by atoms with van der Waals surface area (Å²) in [5.41, 5.74) is 8.61. The molecule has 1 fully saturated rings. The number of aliphatic hydroxyl groups is 1. The second kappa shape index (κ2) is 4.46. The predicted molar refractivity (Wildman–Crippen MR) is 73.6 cm³/mol. The minimum atomic E-state index is -0.233. The summed E-state index contributed by atoms with van der Waals surface area (Å²) in [5, 5.41) is 10.8. The Morgan fingerprint density at radius 2 is 2.22 bits per heavy atom. The fourth-order valence-electron chi connectivity index (χ4n) is 2.63. The maximum absolute atomic E-state index is 9.79. The largest absolute Gasteiger partial charge is 0.397 e. The SMILES string of the molecule is Nc1ccc(N2CCCC(O)C2)c2cccnc12. The van der Waals surface area contributed by atoms with E-state index in [9.17, 15) is 5.11 Å². The molecule has 0 amide bonds. The summed E-state index contributed by atoms with van der Waals surface area (Å²) in [5.74, 6) is 0. The fourth-order valence-corrected chi connectivity index (χ4v) is 2.63. The molecular weight excluding hydrogens is 226 g/mol. The lowest BCUT2D eigenvalue weighted by Gasteiger charge is -2.32. The van der Waals surface area contributed by atoms with E-state index < -0.39 is 0 Å². The number of aromatic nitrogens is 1. The average molecular weight is 243 g/mol. The number of β-amino-alcohol motifs (C(OH)–C–C–N with tert-alkyl or cyclic N) is 1. The number of benzene rings is 1. The lowest BCUT2D eigenvalue weighted by atomic mass is 10.1. The van der Waals surface area contributed by atoms with Crippen LogP contribution in [-0.2, 0) is 0 Å². The Balaban J connectivity index is 2.09. The van der Waals surface area contributed by atoms with Crippen molar-refractivity contribution < 1.29 is 5.11 Å². The molecule has 0 spiro atoms. The van der Waals surface area contributed by atoms with E-state index in [1.54, 1.807) is 6.20 Å². The van der Waals surface area contributed by atoms with Crippen molar-refractivity contribution in [2.45, 2.75) is 18.9 Å². The number of pyridine rings is 1. The van der Waals surface area contributed by atoms with Crippen LogP contribution in [-0.4, -0.2) is 29.3 Å². The van der Waals surface area contributed by atoms with Gasteiger partial charge in [-0.1, -0.05) is 0 Å². The van der Waals surface area contributed by atoms with Crippen LogP contribution in [0.1, 0.15) is 12.8 Å². The van der Waals surface area contributed by atoms with Crippen molar-refractivity contribution in [2.75, 3.05) is 23.7 Å². The van der Waals surface area contributed by atoms with Gasteiger partial charge in [0.05, 0.1) is 17.3 Å². The summed E-state index contributed by atoms with van der Waals surface area (Å²) in [4.78, 5) is 6.56. The molecule has 1 aliphatic heterocycles. The standard InChI is InChI=1S/C14H17N3O/c15-12-5-6-13(11-4-1-7-16-14(11)12)17-8-2-3-10(18)9-17/h1,4-7,10,18H,2-3,8-9,15H2. The lowest BCUT2D eigenvalue weighted by Crippen LogP contribution is -2.38. The highest BCUT2D eigenvalue weighted by Gasteiger charge is 2.19. The number of hydrogen-bond donors (Lipinski definition) is 2. The monoisotopic (exact) mass is 243 g/mol. The second-order valence-corrected chi connectivity index (χ2v) is 4.82. The van der Waals surface area contributed by atoms with Crippen LogP contribution in [0, 0.1) is 0 Å². The Bertz CT molecular complexity index is 570. The van der Waals surface area contributed by atoms with E-state index in [1.807, 2.05) is 24.3 Å². The second-order valence-electron chi connectivity index (χ2n) is 4.82. The summed E-state index contributed by atoms with van der Waals surface area (Å²) >= 11 is 0. The van der Waals surface area contributed by atoms with Gasteiger partial charge in [-0.15, -0.1) is 0 Å². The Morgan fingerprint density at radius 1 is 1.33 bits per heavy atom. The van der Waals surface area contributed by atoms with E-state index in [2.05, 4.69) is 9.88 Å². The molecule has 18 heavy (non-hydrogen) atoms. The quantitative estimate of drug-likeness (QED) is 0.749. The minimum Gasteiger partial charge on any atom is -0.397 e. The molecule has 0 bridgehead atoms. The fraction of sp³-hybridized carbons (Fsp3) is 0.357.